The monoisotopic (exact) mass is 496 g/mol. The minimum Gasteiger partial charge on any atom is -0.458 e. The molecule has 1 heterocycles. The van der Waals surface area contributed by atoms with Crippen molar-refractivity contribution in [2.24, 2.45) is 46.3 Å². The summed E-state index contributed by atoms with van der Waals surface area (Å²) >= 11 is 0. The summed E-state index contributed by atoms with van der Waals surface area (Å²) in [5.74, 6) is 2.14. The van der Waals surface area contributed by atoms with E-state index in [1.165, 1.54) is 25.7 Å². The van der Waals surface area contributed by atoms with Crippen LogP contribution in [0.1, 0.15) is 82.5 Å². The van der Waals surface area contributed by atoms with Crippen molar-refractivity contribution in [1.29, 1.82) is 0 Å². The molecule has 0 amide bonds. The van der Waals surface area contributed by atoms with E-state index in [0.717, 1.165) is 25.7 Å². The highest BCUT2D eigenvalue weighted by molar-refractivity contribution is 5.89. The van der Waals surface area contributed by atoms with Crippen LogP contribution in [-0.4, -0.2) is 42.8 Å². The summed E-state index contributed by atoms with van der Waals surface area (Å²) in [6, 6.07) is 9.48. The Labute approximate surface area is 216 Å². The molecule has 5 fully saturated rings. The zero-order valence-electron chi connectivity index (χ0n) is 22.3. The third-order valence-corrected chi connectivity index (χ3v) is 11.8. The van der Waals surface area contributed by atoms with Gasteiger partial charge in [0.05, 0.1) is 18.8 Å². The Morgan fingerprint density at radius 2 is 1.75 bits per heavy atom. The van der Waals surface area contributed by atoms with Crippen molar-refractivity contribution >= 4 is 5.97 Å². The molecular weight excluding hydrogens is 452 g/mol. The van der Waals surface area contributed by atoms with Crippen molar-refractivity contribution in [2.75, 3.05) is 19.8 Å². The van der Waals surface area contributed by atoms with Crippen LogP contribution in [0.2, 0.25) is 0 Å². The van der Waals surface area contributed by atoms with Crippen molar-refractivity contribution < 1.29 is 24.1 Å². The van der Waals surface area contributed by atoms with Crippen LogP contribution >= 0.6 is 0 Å². The SMILES string of the molecule is CC(CO)[C@H]1CCC2C3C(CCC21C)C1(C)CCC2(C[C@@H]1C[C@H]3OC(=O)c1ccccc1)OCCO2. The number of benzene rings is 1. The van der Waals surface area contributed by atoms with Crippen LogP contribution in [0.25, 0.3) is 0 Å². The van der Waals surface area contributed by atoms with Gasteiger partial charge in [0.15, 0.2) is 5.79 Å². The van der Waals surface area contributed by atoms with Gasteiger partial charge in [-0.1, -0.05) is 39.0 Å². The summed E-state index contributed by atoms with van der Waals surface area (Å²) in [6.45, 7) is 8.86. The Morgan fingerprint density at radius 1 is 1.03 bits per heavy atom. The second kappa shape index (κ2) is 9.10. The van der Waals surface area contributed by atoms with Crippen molar-refractivity contribution in [3.05, 3.63) is 35.9 Å². The Bertz CT molecular complexity index is 957. The molecule has 1 N–H and O–H groups in total. The molecule has 4 saturated carbocycles. The highest BCUT2D eigenvalue weighted by atomic mass is 16.7. The summed E-state index contributed by atoms with van der Waals surface area (Å²) in [4.78, 5) is 13.4. The quantitative estimate of drug-likeness (QED) is 0.530. The van der Waals surface area contributed by atoms with Crippen molar-refractivity contribution in [3.8, 4) is 0 Å². The number of esters is 1. The third-order valence-electron chi connectivity index (χ3n) is 11.8. The highest BCUT2D eigenvalue weighted by Crippen LogP contribution is 2.69. The molecule has 1 spiro atoms. The van der Waals surface area contributed by atoms with Crippen LogP contribution in [0, 0.1) is 46.3 Å². The number of fused-ring (bicyclic) bond motifs is 5. The van der Waals surface area contributed by atoms with E-state index in [1.807, 2.05) is 30.3 Å². The molecule has 36 heavy (non-hydrogen) atoms. The molecule has 1 aromatic rings. The number of carbonyl (C=O) groups is 1. The molecule has 0 bridgehead atoms. The fourth-order valence-electron chi connectivity index (χ4n) is 9.90. The Hall–Kier alpha value is -1.43. The molecule has 0 radical (unpaired) electrons. The summed E-state index contributed by atoms with van der Waals surface area (Å²) in [5.41, 5.74) is 1.07. The molecule has 6 rings (SSSR count). The molecule has 6 unspecified atom stereocenters. The number of hydrogen-bond acceptors (Lipinski definition) is 5. The highest BCUT2D eigenvalue weighted by Gasteiger charge is 2.65. The van der Waals surface area contributed by atoms with Gasteiger partial charge in [-0.15, -0.1) is 0 Å². The fourth-order valence-corrected chi connectivity index (χ4v) is 9.90. The normalized spacial score (nSPS) is 43.9. The lowest BCUT2D eigenvalue weighted by molar-refractivity contribution is -0.242. The summed E-state index contributed by atoms with van der Waals surface area (Å²) in [5, 5.41) is 10.0. The van der Waals surface area contributed by atoms with Crippen LogP contribution < -0.4 is 0 Å². The van der Waals surface area contributed by atoms with Gasteiger partial charge in [0.1, 0.15) is 6.10 Å². The zero-order chi connectivity index (χ0) is 25.1. The predicted molar refractivity (Wildman–Crippen MR) is 137 cm³/mol. The Kier molecular flexibility index (Phi) is 6.29. The molecule has 5 heteroatoms. The summed E-state index contributed by atoms with van der Waals surface area (Å²) in [7, 11) is 0. The second-order valence-corrected chi connectivity index (χ2v) is 13.2. The molecule has 1 aromatic carbocycles. The van der Waals surface area contributed by atoms with Gasteiger partial charge in [-0.3, -0.25) is 0 Å². The lowest BCUT2D eigenvalue weighted by Crippen LogP contribution is -2.61. The van der Waals surface area contributed by atoms with Gasteiger partial charge in [-0.05, 0) is 91.1 Å². The predicted octanol–water partition coefficient (Wildman–Crippen LogP) is 5.85. The topological polar surface area (TPSA) is 65.0 Å². The molecule has 1 aliphatic heterocycles. The van der Waals surface area contributed by atoms with E-state index < -0.39 is 5.79 Å². The lowest BCUT2D eigenvalue weighted by atomic mass is 9.43. The Morgan fingerprint density at radius 3 is 2.47 bits per heavy atom. The number of ether oxygens (including phenoxy) is 3. The largest absolute Gasteiger partial charge is 0.458 e. The number of aliphatic hydroxyl groups is 1. The van der Waals surface area contributed by atoms with Crippen LogP contribution in [-0.2, 0) is 14.2 Å². The van der Waals surface area contributed by atoms with Crippen LogP contribution in [0.5, 0.6) is 0 Å². The van der Waals surface area contributed by atoms with E-state index in [-0.39, 0.29) is 29.5 Å². The molecule has 198 valence electrons. The number of rotatable bonds is 4. The van der Waals surface area contributed by atoms with Gasteiger partial charge in [0.2, 0.25) is 0 Å². The number of carbonyl (C=O) groups excluding carboxylic acids is 1. The molecule has 5 nitrogen and oxygen atoms in total. The molecule has 0 aromatic heterocycles. The first-order valence-corrected chi connectivity index (χ1v) is 14.4. The standard InChI is InChI=1S/C31H44O5/c1-20(19-32)23-9-10-24-27-25(11-12-30(23,24)3)29(2)13-14-31(34-15-16-35-31)18-22(29)17-26(27)36-28(33)21-7-5-4-6-8-21/h4-8,20,22-27,32H,9-19H2,1-3H3/t20?,22-,23+,24?,25?,26+,27?,29?,30?/m0/s1. The number of aliphatic hydroxyl groups excluding tert-OH is 1. The van der Waals surface area contributed by atoms with Gasteiger partial charge in [-0.25, -0.2) is 4.79 Å². The van der Waals surface area contributed by atoms with E-state index >= 15 is 0 Å². The van der Waals surface area contributed by atoms with E-state index in [0.29, 0.717) is 54.3 Å². The maximum absolute atomic E-state index is 13.4. The summed E-state index contributed by atoms with van der Waals surface area (Å²) in [6.07, 6.45) is 8.60. The molecule has 9 atom stereocenters. The van der Waals surface area contributed by atoms with Crippen molar-refractivity contribution in [1.82, 2.24) is 0 Å². The number of hydrogen-bond donors (Lipinski definition) is 1. The first-order valence-electron chi connectivity index (χ1n) is 14.4. The minimum absolute atomic E-state index is 0.0786. The van der Waals surface area contributed by atoms with E-state index in [1.54, 1.807) is 0 Å². The zero-order valence-corrected chi connectivity index (χ0v) is 22.3. The molecule has 5 aliphatic rings. The van der Waals surface area contributed by atoms with Crippen molar-refractivity contribution in [2.45, 2.75) is 84.0 Å². The van der Waals surface area contributed by atoms with E-state index in [4.69, 9.17) is 14.2 Å². The first-order chi connectivity index (χ1) is 17.3. The van der Waals surface area contributed by atoms with Crippen LogP contribution in [0.15, 0.2) is 30.3 Å². The average molecular weight is 497 g/mol. The fraction of sp³-hybridized carbons (Fsp3) is 0.774. The van der Waals surface area contributed by atoms with Crippen molar-refractivity contribution in [3.63, 3.8) is 0 Å². The van der Waals surface area contributed by atoms with Crippen LogP contribution in [0.3, 0.4) is 0 Å². The van der Waals surface area contributed by atoms with E-state index in [9.17, 15) is 9.90 Å². The van der Waals surface area contributed by atoms with Gasteiger partial charge in [-0.2, -0.15) is 0 Å². The second-order valence-electron chi connectivity index (χ2n) is 13.2. The van der Waals surface area contributed by atoms with Gasteiger partial charge in [0.25, 0.3) is 0 Å². The summed E-state index contributed by atoms with van der Waals surface area (Å²) < 4.78 is 18.9. The maximum atomic E-state index is 13.4. The minimum atomic E-state index is -0.427. The van der Waals surface area contributed by atoms with Gasteiger partial charge in [0, 0.05) is 25.4 Å². The van der Waals surface area contributed by atoms with Crippen LogP contribution in [0.4, 0.5) is 0 Å². The molecule has 4 aliphatic carbocycles. The molecular formula is C31H44O5. The van der Waals surface area contributed by atoms with E-state index in [2.05, 4.69) is 20.8 Å². The average Bonchev–Trinajstić information content (AvgIpc) is 3.49. The Balaban J connectivity index is 1.34. The maximum Gasteiger partial charge on any atom is 0.338 e. The van der Waals surface area contributed by atoms with Gasteiger partial charge < -0.3 is 19.3 Å². The van der Waals surface area contributed by atoms with Gasteiger partial charge >= 0.3 is 5.97 Å². The first kappa shape index (κ1) is 24.9. The smallest absolute Gasteiger partial charge is 0.338 e. The third kappa shape index (κ3) is 3.79. The lowest BCUT2D eigenvalue weighted by Gasteiger charge is -2.63. The molecule has 1 saturated heterocycles.